The number of nitrogens with zero attached hydrogens (tertiary/aromatic N) is 1. The molecule has 1 atom stereocenters. The maximum Gasteiger partial charge on any atom is 0.410 e. The number of rotatable bonds is 5. The fourth-order valence-electron chi connectivity index (χ4n) is 2.66. The summed E-state index contributed by atoms with van der Waals surface area (Å²) in [5, 5.41) is 0. The Labute approximate surface area is 159 Å². The lowest BCUT2D eigenvalue weighted by Crippen LogP contribution is -2.52. The molecule has 1 saturated heterocycles. The molecule has 0 saturated carbocycles. The number of carbonyl (C=O) groups is 3. The minimum Gasteiger partial charge on any atom is -0.444 e. The van der Waals surface area contributed by atoms with Gasteiger partial charge in [-0.2, -0.15) is 0 Å². The third kappa shape index (κ3) is 6.90. The normalized spacial score (nSPS) is 16.7. The van der Waals surface area contributed by atoms with Crippen molar-refractivity contribution < 1.29 is 23.9 Å². The van der Waals surface area contributed by atoms with Crippen LogP contribution < -0.4 is 10.9 Å². The lowest BCUT2D eigenvalue weighted by atomic mass is 10.2. The quantitative estimate of drug-likeness (QED) is 0.762. The number of hydrazine groups is 1. The van der Waals surface area contributed by atoms with Crippen LogP contribution in [0.5, 0.6) is 0 Å². The summed E-state index contributed by atoms with van der Waals surface area (Å²) in [4.78, 5) is 37.7. The molecule has 148 valence electrons. The molecule has 1 aliphatic rings. The van der Waals surface area contributed by atoms with E-state index in [9.17, 15) is 14.4 Å². The minimum absolute atomic E-state index is 0.185. The molecule has 1 heterocycles. The van der Waals surface area contributed by atoms with Crippen LogP contribution in [0, 0.1) is 0 Å². The van der Waals surface area contributed by atoms with Gasteiger partial charge in [-0.05, 0) is 39.2 Å². The van der Waals surface area contributed by atoms with Crippen LogP contribution in [0.25, 0.3) is 0 Å². The SMILES string of the molecule is CC(C)(C)OC(=O)N1CCCC1C(=O)NNC(=O)COCc1ccccc1. The van der Waals surface area contributed by atoms with Gasteiger partial charge in [0.2, 0.25) is 0 Å². The van der Waals surface area contributed by atoms with Gasteiger partial charge in [0.25, 0.3) is 11.8 Å². The van der Waals surface area contributed by atoms with Gasteiger partial charge >= 0.3 is 6.09 Å². The van der Waals surface area contributed by atoms with Crippen LogP contribution in [0.15, 0.2) is 30.3 Å². The van der Waals surface area contributed by atoms with Crippen molar-refractivity contribution in [1.29, 1.82) is 0 Å². The zero-order valence-electron chi connectivity index (χ0n) is 16.0. The van der Waals surface area contributed by atoms with E-state index in [1.165, 1.54) is 4.90 Å². The van der Waals surface area contributed by atoms with Crippen molar-refractivity contribution in [2.45, 2.75) is 51.9 Å². The third-order valence-electron chi connectivity index (χ3n) is 3.85. The van der Waals surface area contributed by atoms with E-state index in [1.807, 2.05) is 30.3 Å². The van der Waals surface area contributed by atoms with Gasteiger partial charge in [0.15, 0.2) is 0 Å². The van der Waals surface area contributed by atoms with Gasteiger partial charge in [-0.15, -0.1) is 0 Å². The van der Waals surface area contributed by atoms with Crippen LogP contribution >= 0.6 is 0 Å². The third-order valence-corrected chi connectivity index (χ3v) is 3.85. The van der Waals surface area contributed by atoms with Gasteiger partial charge in [-0.25, -0.2) is 4.79 Å². The van der Waals surface area contributed by atoms with Crippen molar-refractivity contribution >= 4 is 17.9 Å². The molecule has 1 aliphatic heterocycles. The summed E-state index contributed by atoms with van der Waals surface area (Å²) in [6.45, 7) is 5.87. The summed E-state index contributed by atoms with van der Waals surface area (Å²) >= 11 is 0. The van der Waals surface area contributed by atoms with Gasteiger partial charge < -0.3 is 9.47 Å². The standard InChI is InChI=1S/C19H27N3O5/c1-19(2,3)27-18(25)22-11-7-10-15(22)17(24)21-20-16(23)13-26-12-14-8-5-4-6-9-14/h4-6,8-9,15H,7,10-13H2,1-3H3,(H,20,23)(H,21,24). The van der Waals surface area contributed by atoms with E-state index >= 15 is 0 Å². The summed E-state index contributed by atoms with van der Waals surface area (Å²) < 4.78 is 10.6. The Hall–Kier alpha value is -2.61. The van der Waals surface area contributed by atoms with E-state index in [0.717, 1.165) is 5.56 Å². The molecule has 8 heteroatoms. The molecule has 8 nitrogen and oxygen atoms in total. The fraction of sp³-hybridized carbons (Fsp3) is 0.526. The zero-order valence-corrected chi connectivity index (χ0v) is 16.0. The molecular weight excluding hydrogens is 350 g/mol. The average Bonchev–Trinajstić information content (AvgIpc) is 3.09. The second-order valence-corrected chi connectivity index (χ2v) is 7.35. The molecule has 2 N–H and O–H groups in total. The fourth-order valence-corrected chi connectivity index (χ4v) is 2.66. The lowest BCUT2D eigenvalue weighted by Gasteiger charge is -2.28. The summed E-state index contributed by atoms with van der Waals surface area (Å²) in [6.07, 6.45) is 0.689. The first-order valence-electron chi connectivity index (χ1n) is 8.96. The van der Waals surface area contributed by atoms with Crippen LogP contribution in [0.1, 0.15) is 39.2 Å². The van der Waals surface area contributed by atoms with E-state index in [-0.39, 0.29) is 6.61 Å². The number of ether oxygens (including phenoxy) is 2. The van der Waals surface area contributed by atoms with Crippen LogP contribution in [-0.2, 0) is 25.7 Å². The average molecular weight is 377 g/mol. The first-order chi connectivity index (χ1) is 12.8. The first-order valence-corrected chi connectivity index (χ1v) is 8.96. The highest BCUT2D eigenvalue weighted by Gasteiger charge is 2.36. The molecule has 0 aromatic heterocycles. The summed E-state index contributed by atoms with van der Waals surface area (Å²) in [5.74, 6) is -0.920. The minimum atomic E-state index is -0.662. The maximum atomic E-state index is 12.3. The molecule has 3 amide bonds. The van der Waals surface area contributed by atoms with Crippen LogP contribution in [0.2, 0.25) is 0 Å². The zero-order chi connectivity index (χ0) is 19.9. The molecule has 0 aliphatic carbocycles. The van der Waals surface area contributed by atoms with Gasteiger partial charge in [0.1, 0.15) is 18.2 Å². The smallest absolute Gasteiger partial charge is 0.410 e. The van der Waals surface area contributed by atoms with Crippen molar-refractivity contribution in [3.8, 4) is 0 Å². The second kappa shape index (κ2) is 9.36. The van der Waals surface area contributed by atoms with Crippen molar-refractivity contribution in [2.24, 2.45) is 0 Å². The van der Waals surface area contributed by atoms with Gasteiger partial charge in [0, 0.05) is 6.54 Å². The van der Waals surface area contributed by atoms with Gasteiger partial charge in [-0.1, -0.05) is 30.3 Å². The Bertz CT molecular complexity index is 657. The largest absolute Gasteiger partial charge is 0.444 e. The number of benzene rings is 1. The van der Waals surface area contributed by atoms with E-state index in [0.29, 0.717) is 26.0 Å². The predicted octanol–water partition coefficient (Wildman–Crippen LogP) is 1.75. The number of hydrogen-bond donors (Lipinski definition) is 2. The number of carbonyl (C=O) groups excluding carboxylic acids is 3. The van der Waals surface area contributed by atoms with Crippen molar-refractivity contribution in [3.05, 3.63) is 35.9 Å². The van der Waals surface area contributed by atoms with Crippen molar-refractivity contribution in [3.63, 3.8) is 0 Å². The van der Waals surface area contributed by atoms with Gasteiger partial charge in [0.05, 0.1) is 6.61 Å². The van der Waals surface area contributed by atoms with Crippen LogP contribution in [-0.4, -0.2) is 47.6 Å². The monoisotopic (exact) mass is 377 g/mol. The van der Waals surface area contributed by atoms with Gasteiger partial charge in [-0.3, -0.25) is 25.3 Å². The molecule has 0 radical (unpaired) electrons. The summed E-state index contributed by atoms with van der Waals surface area (Å²) in [5.41, 5.74) is 4.98. The first kappa shape index (κ1) is 20.7. The highest BCUT2D eigenvalue weighted by atomic mass is 16.6. The summed E-state index contributed by atoms with van der Waals surface area (Å²) in [6, 6.07) is 8.80. The van der Waals surface area contributed by atoms with Crippen LogP contribution in [0.3, 0.4) is 0 Å². The number of likely N-dealkylation sites (tertiary alicyclic amines) is 1. The van der Waals surface area contributed by atoms with Crippen LogP contribution in [0.4, 0.5) is 4.79 Å². The van der Waals surface area contributed by atoms with E-state index in [1.54, 1.807) is 20.8 Å². The topological polar surface area (TPSA) is 97.0 Å². The van der Waals surface area contributed by atoms with E-state index in [2.05, 4.69) is 10.9 Å². The molecule has 0 bridgehead atoms. The molecule has 2 rings (SSSR count). The highest BCUT2D eigenvalue weighted by Crippen LogP contribution is 2.20. The summed E-state index contributed by atoms with van der Waals surface area (Å²) in [7, 11) is 0. The Morgan fingerprint density at radius 3 is 2.52 bits per heavy atom. The molecule has 1 aromatic carbocycles. The van der Waals surface area contributed by atoms with E-state index < -0.39 is 29.6 Å². The lowest BCUT2D eigenvalue weighted by molar-refractivity contribution is -0.133. The number of amides is 3. The number of nitrogens with one attached hydrogen (secondary N) is 2. The molecule has 27 heavy (non-hydrogen) atoms. The Kier molecular flexibility index (Phi) is 7.18. The number of hydrogen-bond acceptors (Lipinski definition) is 5. The Morgan fingerprint density at radius 1 is 1.15 bits per heavy atom. The molecule has 1 unspecified atom stereocenters. The second-order valence-electron chi connectivity index (χ2n) is 7.35. The maximum absolute atomic E-state index is 12.3. The Morgan fingerprint density at radius 2 is 1.85 bits per heavy atom. The molecular formula is C19H27N3O5. The van der Waals surface area contributed by atoms with Crippen molar-refractivity contribution in [1.82, 2.24) is 15.8 Å². The highest BCUT2D eigenvalue weighted by molar-refractivity contribution is 5.88. The predicted molar refractivity (Wildman–Crippen MR) is 98.3 cm³/mol. The molecule has 0 spiro atoms. The Balaban J connectivity index is 1.73. The molecule has 1 fully saturated rings. The van der Waals surface area contributed by atoms with E-state index in [4.69, 9.17) is 9.47 Å². The molecule has 1 aromatic rings. The van der Waals surface area contributed by atoms with Crippen molar-refractivity contribution in [2.75, 3.05) is 13.2 Å².